The van der Waals surface area contributed by atoms with Crippen molar-refractivity contribution in [3.8, 4) is 11.5 Å². The maximum atomic E-state index is 13.3. The molecule has 2 aromatic carbocycles. The van der Waals surface area contributed by atoms with Crippen molar-refractivity contribution in [3.05, 3.63) is 54.1 Å². The van der Waals surface area contributed by atoms with Crippen molar-refractivity contribution in [1.29, 1.82) is 0 Å². The monoisotopic (exact) mass is 460 g/mol. The predicted octanol–water partition coefficient (Wildman–Crippen LogP) is 4.05. The Kier molecular flexibility index (Phi) is 7.03. The second-order valence-electron chi connectivity index (χ2n) is 8.23. The summed E-state index contributed by atoms with van der Waals surface area (Å²) in [5, 5.41) is 3.09. The van der Waals surface area contributed by atoms with Crippen LogP contribution >= 0.6 is 0 Å². The van der Waals surface area contributed by atoms with Crippen molar-refractivity contribution in [2.24, 2.45) is 0 Å². The first-order chi connectivity index (χ1) is 15.1. The Hall–Kier alpha value is -2.74. The van der Waals surface area contributed by atoms with E-state index in [1.807, 2.05) is 24.3 Å². The average Bonchev–Trinajstić information content (AvgIpc) is 2.78. The minimum absolute atomic E-state index is 0.271. The standard InChI is InChI=1S/C24H32N2O5S/c1-6-24(7-2)16-21(20-10-8-9-11-22(20)31-24)25-23(27)17(3)26(32(5,28)29)18-12-14-19(30-4)15-13-18/h8-15,17,21H,6-7,16H2,1-5H3,(H,25,27)/t17-,21+/m1/s1. The van der Waals surface area contributed by atoms with Crippen LogP contribution < -0.4 is 19.1 Å². The highest BCUT2D eigenvalue weighted by molar-refractivity contribution is 7.92. The van der Waals surface area contributed by atoms with Gasteiger partial charge in [-0.25, -0.2) is 8.42 Å². The van der Waals surface area contributed by atoms with Gasteiger partial charge in [0.1, 0.15) is 23.1 Å². The summed E-state index contributed by atoms with van der Waals surface area (Å²) in [5.74, 6) is 0.998. The third kappa shape index (κ3) is 4.85. The number of hydrogen-bond donors (Lipinski definition) is 1. The molecule has 0 spiro atoms. The number of nitrogens with one attached hydrogen (secondary N) is 1. The van der Waals surface area contributed by atoms with Gasteiger partial charge in [-0.1, -0.05) is 32.0 Å². The molecule has 0 fully saturated rings. The SMILES string of the molecule is CCC1(CC)C[C@H](NC(=O)[C@@H](C)N(c2ccc(OC)cc2)S(C)(=O)=O)c2ccccc2O1. The molecule has 0 aliphatic carbocycles. The number of carbonyl (C=O) groups excluding carboxylic acids is 1. The smallest absolute Gasteiger partial charge is 0.244 e. The minimum Gasteiger partial charge on any atom is -0.497 e. The maximum absolute atomic E-state index is 13.3. The molecule has 1 N–H and O–H groups in total. The molecule has 0 bridgehead atoms. The van der Waals surface area contributed by atoms with Gasteiger partial charge in [-0.15, -0.1) is 0 Å². The largest absolute Gasteiger partial charge is 0.497 e. The average molecular weight is 461 g/mol. The lowest BCUT2D eigenvalue weighted by molar-refractivity contribution is -0.123. The van der Waals surface area contributed by atoms with Gasteiger partial charge in [0.25, 0.3) is 0 Å². The number of amides is 1. The molecule has 1 aliphatic heterocycles. The molecule has 32 heavy (non-hydrogen) atoms. The van der Waals surface area contributed by atoms with Crippen LogP contribution in [0.25, 0.3) is 0 Å². The van der Waals surface area contributed by atoms with Crippen molar-refractivity contribution in [1.82, 2.24) is 5.32 Å². The Balaban J connectivity index is 1.90. The molecule has 1 aliphatic rings. The van der Waals surface area contributed by atoms with E-state index in [1.54, 1.807) is 31.2 Å². The van der Waals surface area contributed by atoms with E-state index in [-0.39, 0.29) is 17.6 Å². The lowest BCUT2D eigenvalue weighted by Gasteiger charge is -2.42. The number of hydrogen-bond acceptors (Lipinski definition) is 5. The van der Waals surface area contributed by atoms with Gasteiger partial charge < -0.3 is 14.8 Å². The lowest BCUT2D eigenvalue weighted by Crippen LogP contribution is -2.51. The van der Waals surface area contributed by atoms with Crippen molar-refractivity contribution >= 4 is 21.6 Å². The van der Waals surface area contributed by atoms with Crippen molar-refractivity contribution in [2.75, 3.05) is 17.7 Å². The van der Waals surface area contributed by atoms with Crippen LogP contribution in [0.1, 0.15) is 51.6 Å². The molecule has 174 valence electrons. The molecule has 0 saturated carbocycles. The van der Waals surface area contributed by atoms with Gasteiger partial charge in [0.2, 0.25) is 15.9 Å². The molecule has 2 atom stereocenters. The molecule has 1 heterocycles. The van der Waals surface area contributed by atoms with Gasteiger partial charge >= 0.3 is 0 Å². The van der Waals surface area contributed by atoms with E-state index in [4.69, 9.17) is 9.47 Å². The number of sulfonamides is 1. The van der Waals surface area contributed by atoms with Gasteiger partial charge in [-0.3, -0.25) is 9.10 Å². The van der Waals surface area contributed by atoms with Crippen LogP contribution in [0, 0.1) is 0 Å². The number of ether oxygens (including phenoxy) is 2. The van der Waals surface area contributed by atoms with Gasteiger partial charge in [-0.05, 0) is 50.1 Å². The second kappa shape index (κ2) is 9.40. The number of rotatable bonds is 8. The van der Waals surface area contributed by atoms with E-state index in [2.05, 4.69) is 19.2 Å². The fraction of sp³-hybridized carbons (Fsp3) is 0.458. The quantitative estimate of drug-likeness (QED) is 0.642. The third-order valence-corrected chi connectivity index (χ3v) is 7.46. The Morgan fingerprint density at radius 2 is 1.81 bits per heavy atom. The van der Waals surface area contributed by atoms with Crippen LogP contribution in [0.3, 0.4) is 0 Å². The topological polar surface area (TPSA) is 84.9 Å². The fourth-order valence-electron chi connectivity index (χ4n) is 4.26. The van der Waals surface area contributed by atoms with E-state index in [9.17, 15) is 13.2 Å². The molecular weight excluding hydrogens is 428 g/mol. The zero-order valence-corrected chi connectivity index (χ0v) is 20.1. The molecule has 2 aromatic rings. The van der Waals surface area contributed by atoms with Crippen LogP contribution in [-0.4, -0.2) is 39.3 Å². The highest BCUT2D eigenvalue weighted by Crippen LogP contribution is 2.42. The van der Waals surface area contributed by atoms with Crippen LogP contribution in [0.15, 0.2) is 48.5 Å². The van der Waals surface area contributed by atoms with Crippen molar-refractivity contribution in [3.63, 3.8) is 0 Å². The molecule has 0 unspecified atom stereocenters. The highest BCUT2D eigenvalue weighted by Gasteiger charge is 2.40. The highest BCUT2D eigenvalue weighted by atomic mass is 32.2. The Morgan fingerprint density at radius 1 is 1.19 bits per heavy atom. The molecule has 8 heteroatoms. The number of methoxy groups -OCH3 is 1. The van der Waals surface area contributed by atoms with E-state index < -0.39 is 16.1 Å². The normalized spacial score (nSPS) is 18.1. The number of carbonyl (C=O) groups is 1. The summed E-state index contributed by atoms with van der Waals surface area (Å²) < 4.78 is 37.8. The first kappa shape index (κ1) is 23.9. The first-order valence-corrected chi connectivity index (χ1v) is 12.7. The molecule has 1 amide bonds. The molecule has 0 saturated heterocycles. The predicted molar refractivity (Wildman–Crippen MR) is 126 cm³/mol. The number of anilines is 1. The number of benzene rings is 2. The Labute approximate surface area is 190 Å². The number of nitrogens with zero attached hydrogens (tertiary/aromatic N) is 1. The summed E-state index contributed by atoms with van der Waals surface area (Å²) in [6, 6.07) is 13.1. The number of fused-ring (bicyclic) bond motifs is 1. The lowest BCUT2D eigenvalue weighted by atomic mass is 9.83. The summed E-state index contributed by atoms with van der Waals surface area (Å²) in [4.78, 5) is 13.3. The van der Waals surface area contributed by atoms with E-state index >= 15 is 0 Å². The van der Waals surface area contributed by atoms with Gasteiger partial charge in [-0.2, -0.15) is 0 Å². The zero-order chi connectivity index (χ0) is 23.5. The van der Waals surface area contributed by atoms with Crippen molar-refractivity contribution in [2.45, 2.75) is 57.7 Å². The second-order valence-corrected chi connectivity index (χ2v) is 10.1. The summed E-state index contributed by atoms with van der Waals surface area (Å²) >= 11 is 0. The molecular formula is C24H32N2O5S. The van der Waals surface area contributed by atoms with E-state index in [1.165, 1.54) is 7.11 Å². The number of para-hydroxylation sites is 1. The van der Waals surface area contributed by atoms with E-state index in [0.717, 1.165) is 34.7 Å². The summed E-state index contributed by atoms with van der Waals surface area (Å²) in [6.07, 6.45) is 3.34. The van der Waals surface area contributed by atoms with Crippen LogP contribution in [0.2, 0.25) is 0 Å². The molecule has 7 nitrogen and oxygen atoms in total. The fourth-order valence-corrected chi connectivity index (χ4v) is 5.44. The zero-order valence-electron chi connectivity index (χ0n) is 19.3. The van der Waals surface area contributed by atoms with Gasteiger partial charge in [0.15, 0.2) is 0 Å². The summed E-state index contributed by atoms with van der Waals surface area (Å²) in [7, 11) is -2.17. The van der Waals surface area contributed by atoms with Gasteiger partial charge in [0.05, 0.1) is 25.1 Å². The third-order valence-electron chi connectivity index (χ3n) is 6.22. The Bertz CT molecular complexity index is 1050. The first-order valence-electron chi connectivity index (χ1n) is 10.9. The minimum atomic E-state index is -3.71. The van der Waals surface area contributed by atoms with E-state index in [0.29, 0.717) is 17.9 Å². The van der Waals surface area contributed by atoms with Crippen LogP contribution in [-0.2, 0) is 14.8 Å². The summed E-state index contributed by atoms with van der Waals surface area (Å²) in [6.45, 7) is 5.75. The maximum Gasteiger partial charge on any atom is 0.244 e. The van der Waals surface area contributed by atoms with Crippen molar-refractivity contribution < 1.29 is 22.7 Å². The van der Waals surface area contributed by atoms with Gasteiger partial charge in [0, 0.05) is 12.0 Å². The van der Waals surface area contributed by atoms with Crippen LogP contribution in [0.5, 0.6) is 11.5 Å². The molecule has 0 radical (unpaired) electrons. The molecule has 0 aromatic heterocycles. The Morgan fingerprint density at radius 3 is 2.38 bits per heavy atom. The molecule has 3 rings (SSSR count). The van der Waals surface area contributed by atoms with Crippen LogP contribution in [0.4, 0.5) is 5.69 Å². The summed E-state index contributed by atoms with van der Waals surface area (Å²) in [5.41, 5.74) is 0.933.